The van der Waals surface area contributed by atoms with Gasteiger partial charge in [0.2, 0.25) is 10.0 Å². The highest BCUT2D eigenvalue weighted by Crippen LogP contribution is 2.44. The molecule has 1 aromatic rings. The van der Waals surface area contributed by atoms with Gasteiger partial charge in [-0.1, -0.05) is 0 Å². The third-order valence-corrected chi connectivity index (χ3v) is 8.16. The highest BCUT2D eigenvalue weighted by atomic mass is 32.2. The number of thiophene rings is 1. The molecule has 2 aliphatic rings. The van der Waals surface area contributed by atoms with Gasteiger partial charge in [-0.2, -0.15) is 4.31 Å². The lowest BCUT2D eigenvalue weighted by atomic mass is 9.76. The van der Waals surface area contributed by atoms with Gasteiger partial charge in [-0.25, -0.2) is 13.2 Å². The lowest BCUT2D eigenvalue weighted by molar-refractivity contribution is -0.150. The summed E-state index contributed by atoms with van der Waals surface area (Å²) >= 11 is 1.04. The van der Waals surface area contributed by atoms with E-state index >= 15 is 0 Å². The summed E-state index contributed by atoms with van der Waals surface area (Å²) in [4.78, 5) is 34.7. The number of carbonyl (C=O) groups excluding carboxylic acids is 2. The van der Waals surface area contributed by atoms with Crippen molar-refractivity contribution < 1.29 is 37.4 Å². The molecule has 0 aliphatic carbocycles. The molecule has 0 saturated carbocycles. The fraction of sp³-hybridized carbons (Fsp3) is 0.611. The number of cyclic esters (lactones) is 1. The summed E-state index contributed by atoms with van der Waals surface area (Å²) in [7, 11) is 1.25. The molecule has 0 amide bonds. The first-order valence-electron chi connectivity index (χ1n) is 9.21. The number of hydrogen-bond acceptors (Lipinski definition) is 9. The van der Waals surface area contributed by atoms with Crippen LogP contribution in [0.3, 0.4) is 0 Å². The summed E-state index contributed by atoms with van der Waals surface area (Å²) in [6.07, 6.45) is 1.31. The zero-order chi connectivity index (χ0) is 22.5. The number of sulfonamides is 1. The highest BCUT2D eigenvalue weighted by Gasteiger charge is 2.51. The Bertz CT molecular complexity index is 873. The standard InChI is InChI=1S/C17H24N2O6S2.CH2O2/c1-18(2)11-12-10-17(16(21)25-12)5-7-19(8-6-17)27(22,23)13-4-9-26-14(13)15(20)24-3;2-1-3/h4,9,12H,5-8,10-11H2,1-3H3;1H,(H,2,3). The van der Waals surface area contributed by atoms with Gasteiger partial charge < -0.3 is 19.5 Å². The van der Waals surface area contributed by atoms with Gasteiger partial charge in [0.1, 0.15) is 15.9 Å². The smallest absolute Gasteiger partial charge is 0.349 e. The van der Waals surface area contributed by atoms with Gasteiger partial charge in [0, 0.05) is 26.1 Å². The van der Waals surface area contributed by atoms with Gasteiger partial charge in [-0.15, -0.1) is 11.3 Å². The van der Waals surface area contributed by atoms with Crippen LogP contribution in [0.5, 0.6) is 0 Å². The van der Waals surface area contributed by atoms with Crippen LogP contribution in [0.2, 0.25) is 0 Å². The van der Waals surface area contributed by atoms with Crippen molar-refractivity contribution in [3.63, 3.8) is 0 Å². The number of esters is 2. The van der Waals surface area contributed by atoms with Crippen LogP contribution < -0.4 is 0 Å². The number of carbonyl (C=O) groups is 3. The van der Waals surface area contributed by atoms with E-state index in [1.807, 2.05) is 19.0 Å². The van der Waals surface area contributed by atoms with Gasteiger partial charge in [0.25, 0.3) is 6.47 Å². The Hall–Kier alpha value is -2.02. The molecular formula is C18H26N2O8S2. The quantitative estimate of drug-likeness (QED) is 0.500. The molecule has 2 fully saturated rings. The second-order valence-electron chi connectivity index (χ2n) is 7.39. The van der Waals surface area contributed by atoms with Crippen molar-refractivity contribution in [1.82, 2.24) is 9.21 Å². The number of ether oxygens (including phenoxy) is 2. The Morgan fingerprint density at radius 1 is 1.43 bits per heavy atom. The first-order chi connectivity index (χ1) is 14.1. The zero-order valence-corrected chi connectivity index (χ0v) is 18.7. The molecule has 0 aromatic carbocycles. The second kappa shape index (κ2) is 9.86. The van der Waals surface area contributed by atoms with Gasteiger partial charge >= 0.3 is 11.9 Å². The number of carboxylic acid groups (broad SMARTS) is 1. The Balaban J connectivity index is 0.00000101. The molecule has 12 heteroatoms. The van der Waals surface area contributed by atoms with Crippen LogP contribution in [0, 0.1) is 5.41 Å². The third kappa shape index (κ3) is 4.99. The molecule has 2 aliphatic heterocycles. The molecule has 3 heterocycles. The molecule has 10 nitrogen and oxygen atoms in total. The molecule has 1 unspecified atom stereocenters. The van der Waals surface area contributed by atoms with Crippen LogP contribution in [-0.2, 0) is 29.1 Å². The van der Waals surface area contributed by atoms with Crippen LogP contribution in [0.1, 0.15) is 28.9 Å². The normalized spacial score (nSPS) is 21.1. The number of nitrogens with zero attached hydrogens (tertiary/aromatic N) is 2. The van der Waals surface area contributed by atoms with E-state index in [9.17, 15) is 18.0 Å². The number of methoxy groups -OCH3 is 1. The van der Waals surface area contributed by atoms with Crippen molar-refractivity contribution in [1.29, 1.82) is 0 Å². The fourth-order valence-electron chi connectivity index (χ4n) is 3.79. The van der Waals surface area contributed by atoms with E-state index in [1.54, 1.807) is 5.38 Å². The monoisotopic (exact) mass is 462 g/mol. The van der Waals surface area contributed by atoms with E-state index in [1.165, 1.54) is 17.5 Å². The Morgan fingerprint density at radius 2 is 2.03 bits per heavy atom. The van der Waals surface area contributed by atoms with Crippen molar-refractivity contribution in [2.45, 2.75) is 30.3 Å². The molecule has 1 N–H and O–H groups in total. The molecule has 1 spiro atoms. The topological polar surface area (TPSA) is 131 Å². The predicted molar refractivity (Wildman–Crippen MR) is 108 cm³/mol. The first-order valence-corrected chi connectivity index (χ1v) is 11.5. The summed E-state index contributed by atoms with van der Waals surface area (Å²) in [5.41, 5.74) is -0.605. The molecular weight excluding hydrogens is 436 g/mol. The number of piperidine rings is 1. The minimum absolute atomic E-state index is 0.0326. The lowest BCUT2D eigenvalue weighted by Crippen LogP contribution is -2.45. The molecule has 0 radical (unpaired) electrons. The van der Waals surface area contributed by atoms with Gasteiger partial charge in [-0.3, -0.25) is 9.59 Å². The van der Waals surface area contributed by atoms with E-state index in [0.717, 1.165) is 11.3 Å². The molecule has 0 bridgehead atoms. The van der Waals surface area contributed by atoms with E-state index in [-0.39, 0.29) is 41.4 Å². The maximum absolute atomic E-state index is 13.0. The van der Waals surface area contributed by atoms with Gasteiger partial charge in [0.15, 0.2) is 0 Å². The van der Waals surface area contributed by atoms with Crippen molar-refractivity contribution in [2.24, 2.45) is 5.41 Å². The summed E-state index contributed by atoms with van der Waals surface area (Å²) in [5.74, 6) is -0.889. The molecule has 3 rings (SSSR count). The fourth-order valence-corrected chi connectivity index (χ4v) is 6.54. The van der Waals surface area contributed by atoms with Gasteiger partial charge in [-0.05, 0) is 38.4 Å². The predicted octanol–water partition coefficient (Wildman–Crippen LogP) is 0.884. The largest absolute Gasteiger partial charge is 0.483 e. The number of hydrogen-bond donors (Lipinski definition) is 1. The lowest BCUT2D eigenvalue weighted by Gasteiger charge is -2.35. The summed E-state index contributed by atoms with van der Waals surface area (Å²) in [6.45, 7) is 0.859. The molecule has 2 saturated heterocycles. The minimum atomic E-state index is -3.82. The maximum Gasteiger partial charge on any atom is 0.349 e. The van der Waals surface area contributed by atoms with Crippen LogP contribution >= 0.6 is 11.3 Å². The number of rotatable bonds is 5. The van der Waals surface area contributed by atoms with Crippen molar-refractivity contribution in [2.75, 3.05) is 40.8 Å². The van der Waals surface area contributed by atoms with Gasteiger partial charge in [0.05, 0.1) is 12.5 Å². The first kappa shape index (κ1) is 24.3. The second-order valence-corrected chi connectivity index (χ2v) is 10.2. The maximum atomic E-state index is 13.0. The molecule has 168 valence electrons. The average Bonchev–Trinajstić information content (AvgIpc) is 3.28. The van der Waals surface area contributed by atoms with E-state index in [2.05, 4.69) is 4.74 Å². The Labute approximate surface area is 179 Å². The third-order valence-electron chi connectivity index (χ3n) is 5.19. The molecule has 1 atom stereocenters. The highest BCUT2D eigenvalue weighted by molar-refractivity contribution is 7.89. The van der Waals surface area contributed by atoms with Crippen molar-refractivity contribution in [3.05, 3.63) is 16.3 Å². The summed E-state index contributed by atoms with van der Waals surface area (Å²) < 4.78 is 37.5. The SMILES string of the molecule is COC(=O)c1sccc1S(=O)(=O)N1CCC2(CC1)CC(CN(C)C)OC2=O.O=CO. The number of likely N-dealkylation sites (N-methyl/N-ethyl adjacent to an activating group) is 1. The molecule has 1 aromatic heterocycles. The van der Waals surface area contributed by atoms with E-state index < -0.39 is 21.4 Å². The van der Waals surface area contributed by atoms with Crippen molar-refractivity contribution >= 4 is 39.8 Å². The van der Waals surface area contributed by atoms with Crippen molar-refractivity contribution in [3.8, 4) is 0 Å². The summed E-state index contributed by atoms with van der Waals surface area (Å²) in [6, 6.07) is 1.42. The summed E-state index contributed by atoms with van der Waals surface area (Å²) in [5, 5.41) is 8.45. The van der Waals surface area contributed by atoms with Crippen LogP contribution in [0.4, 0.5) is 0 Å². The Morgan fingerprint density at radius 3 is 2.57 bits per heavy atom. The van der Waals surface area contributed by atoms with E-state index in [4.69, 9.17) is 14.6 Å². The average molecular weight is 463 g/mol. The van der Waals surface area contributed by atoms with Crippen LogP contribution in [-0.4, -0.2) is 88.1 Å². The van der Waals surface area contributed by atoms with Crippen LogP contribution in [0.15, 0.2) is 16.3 Å². The Kier molecular flexibility index (Phi) is 7.97. The van der Waals surface area contributed by atoms with Crippen LogP contribution in [0.25, 0.3) is 0 Å². The zero-order valence-electron chi connectivity index (χ0n) is 17.1. The van der Waals surface area contributed by atoms with E-state index in [0.29, 0.717) is 25.8 Å². The minimum Gasteiger partial charge on any atom is -0.483 e. The molecule has 30 heavy (non-hydrogen) atoms.